The maximum Gasteiger partial charge on any atom is 0.224 e. The van der Waals surface area contributed by atoms with Gasteiger partial charge >= 0.3 is 0 Å². The number of ether oxygens (including phenoxy) is 2. The molecule has 0 radical (unpaired) electrons. The van der Waals surface area contributed by atoms with Crippen LogP contribution in [-0.2, 0) is 4.79 Å². The largest absolute Gasteiger partial charge is 0.496 e. The molecule has 1 aliphatic rings. The number of piperidine rings is 1. The molecule has 0 spiro atoms. The van der Waals surface area contributed by atoms with Gasteiger partial charge in [0, 0.05) is 17.7 Å². The Morgan fingerprint density at radius 3 is 2.52 bits per heavy atom. The summed E-state index contributed by atoms with van der Waals surface area (Å²) in [6.07, 6.45) is 2.64. The van der Waals surface area contributed by atoms with Crippen molar-refractivity contribution in [2.24, 2.45) is 5.92 Å². The van der Waals surface area contributed by atoms with Crippen LogP contribution >= 0.6 is 35.6 Å². The van der Waals surface area contributed by atoms with Crippen LogP contribution in [0.2, 0.25) is 10.0 Å². The first-order valence-corrected chi connectivity index (χ1v) is 11.0. The van der Waals surface area contributed by atoms with Gasteiger partial charge in [0.1, 0.15) is 11.5 Å². The molecule has 0 bridgehead atoms. The Hall–Kier alpha value is -1.66. The van der Waals surface area contributed by atoms with Crippen molar-refractivity contribution in [1.82, 2.24) is 5.32 Å². The van der Waals surface area contributed by atoms with E-state index in [0.29, 0.717) is 39.6 Å². The van der Waals surface area contributed by atoms with Crippen molar-refractivity contribution in [2.75, 3.05) is 25.5 Å². The molecule has 0 saturated carbocycles. The summed E-state index contributed by atoms with van der Waals surface area (Å²) in [5.74, 6) is 2.36. The van der Waals surface area contributed by atoms with Gasteiger partial charge in [0.15, 0.2) is 5.75 Å². The summed E-state index contributed by atoms with van der Waals surface area (Å²) < 4.78 is 11.4. The van der Waals surface area contributed by atoms with Crippen LogP contribution < -0.4 is 20.1 Å². The maximum absolute atomic E-state index is 12.4. The Bertz CT molecular complexity index is 877. The van der Waals surface area contributed by atoms with Crippen molar-refractivity contribution in [3.05, 3.63) is 45.9 Å². The predicted molar refractivity (Wildman–Crippen MR) is 130 cm³/mol. The van der Waals surface area contributed by atoms with Gasteiger partial charge in [-0.05, 0) is 68.1 Å². The van der Waals surface area contributed by atoms with Gasteiger partial charge in [0.2, 0.25) is 5.91 Å². The number of nitrogens with one attached hydrogen (secondary N) is 2. The minimum Gasteiger partial charge on any atom is -0.496 e. The molecule has 2 N–H and O–H groups in total. The highest BCUT2D eigenvalue weighted by Gasteiger charge is 2.18. The van der Waals surface area contributed by atoms with Gasteiger partial charge in [-0.3, -0.25) is 4.79 Å². The molecule has 0 aliphatic carbocycles. The fraction of sp³-hybridized carbons (Fsp3) is 0.435. The Morgan fingerprint density at radius 1 is 1.23 bits per heavy atom. The molecule has 1 amide bonds. The lowest BCUT2D eigenvalue weighted by molar-refractivity contribution is -0.117. The number of carbonyl (C=O) groups excluding carboxylic acids is 1. The van der Waals surface area contributed by atoms with E-state index in [1.54, 1.807) is 19.2 Å². The molecule has 1 aliphatic heterocycles. The molecule has 1 unspecified atom stereocenters. The van der Waals surface area contributed by atoms with Crippen LogP contribution in [0.25, 0.3) is 0 Å². The fourth-order valence-corrected chi connectivity index (χ4v) is 4.21. The Morgan fingerprint density at radius 2 is 1.94 bits per heavy atom. The number of hydrogen-bond donors (Lipinski definition) is 2. The third kappa shape index (κ3) is 6.91. The summed E-state index contributed by atoms with van der Waals surface area (Å²) in [4.78, 5) is 12.4. The zero-order valence-electron chi connectivity index (χ0n) is 18.0. The molecule has 1 atom stereocenters. The number of carbonyl (C=O) groups is 1. The summed E-state index contributed by atoms with van der Waals surface area (Å²) in [6.45, 7) is 6.07. The minimum absolute atomic E-state index is 0. The summed E-state index contributed by atoms with van der Waals surface area (Å²) in [5, 5.41) is 6.88. The van der Waals surface area contributed by atoms with E-state index in [1.165, 1.54) is 0 Å². The first kappa shape index (κ1) is 25.6. The van der Waals surface area contributed by atoms with Crippen LogP contribution in [0.1, 0.15) is 44.6 Å². The van der Waals surface area contributed by atoms with Crippen molar-refractivity contribution in [1.29, 1.82) is 0 Å². The summed E-state index contributed by atoms with van der Waals surface area (Å²) >= 11 is 12.9. The highest BCUT2D eigenvalue weighted by molar-refractivity contribution is 6.37. The molecule has 1 saturated heterocycles. The number of rotatable bonds is 7. The lowest BCUT2D eigenvalue weighted by Crippen LogP contribution is -2.32. The molecule has 8 heteroatoms. The van der Waals surface area contributed by atoms with Crippen LogP contribution in [0.5, 0.6) is 17.2 Å². The number of anilines is 1. The van der Waals surface area contributed by atoms with Gasteiger partial charge < -0.3 is 20.1 Å². The summed E-state index contributed by atoms with van der Waals surface area (Å²) in [5.41, 5.74) is 1.59. The zero-order valence-corrected chi connectivity index (χ0v) is 20.3. The van der Waals surface area contributed by atoms with E-state index in [2.05, 4.69) is 24.5 Å². The van der Waals surface area contributed by atoms with Crippen LogP contribution in [0, 0.1) is 5.92 Å². The van der Waals surface area contributed by atoms with E-state index in [-0.39, 0.29) is 24.2 Å². The van der Waals surface area contributed by atoms with Crippen LogP contribution in [-0.4, -0.2) is 26.1 Å². The van der Waals surface area contributed by atoms with Crippen LogP contribution in [0.15, 0.2) is 30.3 Å². The van der Waals surface area contributed by atoms with E-state index >= 15 is 0 Å². The lowest BCUT2D eigenvalue weighted by atomic mass is 9.96. The molecular weight excluding hydrogens is 459 g/mol. The fourth-order valence-electron chi connectivity index (χ4n) is 3.65. The number of methoxy groups -OCH3 is 1. The molecule has 0 aromatic heterocycles. The van der Waals surface area contributed by atoms with Crippen molar-refractivity contribution in [3.8, 4) is 17.2 Å². The van der Waals surface area contributed by atoms with Gasteiger partial charge in [-0.15, -0.1) is 12.4 Å². The average Bonchev–Trinajstić information content (AvgIpc) is 2.71. The van der Waals surface area contributed by atoms with Crippen molar-refractivity contribution in [2.45, 2.75) is 39.0 Å². The Kier molecular flexibility index (Phi) is 9.76. The molecule has 3 rings (SSSR count). The van der Waals surface area contributed by atoms with Gasteiger partial charge in [-0.2, -0.15) is 0 Å². The number of hydrogen-bond acceptors (Lipinski definition) is 4. The Labute approximate surface area is 200 Å². The second-order valence-electron chi connectivity index (χ2n) is 7.89. The number of amides is 1. The molecule has 31 heavy (non-hydrogen) atoms. The minimum atomic E-state index is -0.0405. The van der Waals surface area contributed by atoms with Crippen molar-refractivity contribution < 1.29 is 14.3 Å². The molecular formula is C23H29Cl3N2O3. The predicted octanol–water partition coefficient (Wildman–Crippen LogP) is 6.67. The second-order valence-corrected chi connectivity index (χ2v) is 8.71. The molecule has 1 fully saturated rings. The van der Waals surface area contributed by atoms with E-state index in [9.17, 15) is 4.79 Å². The molecule has 1 heterocycles. The smallest absolute Gasteiger partial charge is 0.224 e. The highest BCUT2D eigenvalue weighted by Crippen LogP contribution is 2.40. The van der Waals surface area contributed by atoms with Crippen LogP contribution in [0.4, 0.5) is 5.69 Å². The molecule has 2 aromatic rings. The van der Waals surface area contributed by atoms with Gasteiger partial charge in [-0.1, -0.05) is 37.0 Å². The van der Waals surface area contributed by atoms with Crippen molar-refractivity contribution >= 4 is 47.2 Å². The average molecular weight is 488 g/mol. The third-order valence-corrected chi connectivity index (χ3v) is 5.76. The molecule has 170 valence electrons. The van der Waals surface area contributed by atoms with Gasteiger partial charge in [0.05, 0.1) is 17.2 Å². The van der Waals surface area contributed by atoms with Gasteiger partial charge in [0.25, 0.3) is 0 Å². The molecule has 2 aromatic carbocycles. The van der Waals surface area contributed by atoms with Crippen LogP contribution in [0.3, 0.4) is 0 Å². The second kappa shape index (κ2) is 11.8. The SMILES string of the molecule is COc1ccc(Oc2c(Cl)cc(NC(=O)CC3CCCNC3)cc2Cl)cc1C(C)C.Cl. The molecule has 5 nitrogen and oxygen atoms in total. The topological polar surface area (TPSA) is 59.6 Å². The quantitative estimate of drug-likeness (QED) is 0.458. The Balaban J connectivity index is 0.00000341. The normalized spacial score (nSPS) is 15.9. The maximum atomic E-state index is 12.4. The summed E-state index contributed by atoms with van der Waals surface area (Å²) in [6, 6.07) is 8.91. The third-order valence-electron chi connectivity index (χ3n) is 5.20. The number of halogens is 3. The zero-order chi connectivity index (χ0) is 21.7. The highest BCUT2D eigenvalue weighted by atomic mass is 35.5. The lowest BCUT2D eigenvalue weighted by Gasteiger charge is -2.22. The first-order valence-electron chi connectivity index (χ1n) is 10.2. The van der Waals surface area contributed by atoms with E-state index < -0.39 is 0 Å². The van der Waals surface area contributed by atoms with E-state index in [4.69, 9.17) is 32.7 Å². The standard InChI is InChI=1S/C23H28Cl2N2O3.ClH/c1-14(2)18-12-17(6-7-21(18)29-3)30-23-19(24)10-16(11-20(23)25)27-22(28)9-15-5-4-8-26-13-15;/h6-7,10-12,14-15,26H,4-5,8-9,13H2,1-3H3,(H,27,28);1H. The monoisotopic (exact) mass is 486 g/mol. The first-order chi connectivity index (χ1) is 14.4. The van der Waals surface area contributed by atoms with Crippen molar-refractivity contribution in [3.63, 3.8) is 0 Å². The van der Waals surface area contributed by atoms with E-state index in [0.717, 1.165) is 37.2 Å². The van der Waals surface area contributed by atoms with Gasteiger partial charge in [-0.25, -0.2) is 0 Å². The van der Waals surface area contributed by atoms with E-state index in [1.807, 2.05) is 18.2 Å². The number of benzene rings is 2. The summed E-state index contributed by atoms with van der Waals surface area (Å²) in [7, 11) is 1.65.